The minimum absolute atomic E-state index is 0.688. The van der Waals surface area contributed by atoms with E-state index in [1.807, 2.05) is 43.4 Å². The third kappa shape index (κ3) is 5.08. The van der Waals surface area contributed by atoms with Crippen molar-refractivity contribution in [3.8, 4) is 5.75 Å². The average molecular weight is 354 g/mol. The van der Waals surface area contributed by atoms with Crippen LogP contribution in [0.1, 0.15) is 6.42 Å². The summed E-state index contributed by atoms with van der Waals surface area (Å²) in [6.07, 6.45) is 4.49. The van der Waals surface area contributed by atoms with Crippen LogP contribution in [0.25, 0.3) is 0 Å². The molecule has 138 valence electrons. The third-order valence-electron chi connectivity index (χ3n) is 4.24. The molecule has 7 heteroatoms. The lowest BCUT2D eigenvalue weighted by atomic mass is 10.3. The summed E-state index contributed by atoms with van der Waals surface area (Å²) in [7, 11) is 1.83. The topological polar surface area (TPSA) is 65.9 Å². The number of ether oxygens (including phenoxy) is 1. The molecule has 3 rings (SSSR count). The Morgan fingerprint density at radius 1 is 1.08 bits per heavy atom. The molecular formula is C19H26N6O. The van der Waals surface area contributed by atoms with E-state index < -0.39 is 0 Å². The van der Waals surface area contributed by atoms with Gasteiger partial charge in [-0.1, -0.05) is 18.2 Å². The van der Waals surface area contributed by atoms with Gasteiger partial charge >= 0.3 is 0 Å². The Morgan fingerprint density at radius 3 is 2.50 bits per heavy atom. The van der Waals surface area contributed by atoms with Gasteiger partial charge in [0.05, 0.1) is 6.61 Å². The first-order chi connectivity index (χ1) is 12.9. The molecule has 0 bridgehead atoms. The fraction of sp³-hybridized carbons (Fsp3) is 0.421. The highest BCUT2D eigenvalue weighted by atomic mass is 16.5. The summed E-state index contributed by atoms with van der Waals surface area (Å²) >= 11 is 0. The summed E-state index contributed by atoms with van der Waals surface area (Å²) in [5.41, 5.74) is 0. The highest BCUT2D eigenvalue weighted by molar-refractivity contribution is 5.80. The summed E-state index contributed by atoms with van der Waals surface area (Å²) in [5, 5.41) is 3.43. The van der Waals surface area contributed by atoms with Gasteiger partial charge < -0.3 is 19.9 Å². The van der Waals surface area contributed by atoms with Gasteiger partial charge in [-0.2, -0.15) is 0 Å². The van der Waals surface area contributed by atoms with Gasteiger partial charge in [0.25, 0.3) is 0 Å². The Bertz CT molecular complexity index is 671. The quantitative estimate of drug-likeness (QED) is 0.483. The number of piperazine rings is 1. The summed E-state index contributed by atoms with van der Waals surface area (Å²) in [6, 6.07) is 11.7. The zero-order valence-corrected chi connectivity index (χ0v) is 15.2. The standard InChI is InChI=1S/C19H26N6O/c1-20-18(21-11-6-16-26-17-7-3-2-4-8-17)24-12-14-25(15-13-24)19-22-9-5-10-23-19/h2-5,7-10H,6,11-16H2,1H3,(H,20,21). The van der Waals surface area contributed by atoms with Crippen molar-refractivity contribution < 1.29 is 4.74 Å². The fourth-order valence-electron chi connectivity index (χ4n) is 2.88. The number of hydrogen-bond acceptors (Lipinski definition) is 5. The summed E-state index contributed by atoms with van der Waals surface area (Å²) in [5.74, 6) is 2.66. The molecule has 1 aliphatic rings. The first-order valence-corrected chi connectivity index (χ1v) is 9.02. The monoisotopic (exact) mass is 354 g/mol. The Labute approximate surface area is 154 Å². The fourth-order valence-corrected chi connectivity index (χ4v) is 2.88. The van der Waals surface area contributed by atoms with Crippen LogP contribution in [0.5, 0.6) is 5.75 Å². The van der Waals surface area contributed by atoms with Crippen LogP contribution in [-0.4, -0.2) is 67.2 Å². The van der Waals surface area contributed by atoms with E-state index in [-0.39, 0.29) is 0 Å². The van der Waals surface area contributed by atoms with E-state index in [0.717, 1.165) is 56.8 Å². The summed E-state index contributed by atoms with van der Waals surface area (Å²) in [4.78, 5) is 17.5. The molecule has 1 fully saturated rings. The number of nitrogens with zero attached hydrogens (tertiary/aromatic N) is 5. The van der Waals surface area contributed by atoms with Crippen molar-refractivity contribution in [1.82, 2.24) is 20.2 Å². The van der Waals surface area contributed by atoms with Gasteiger partial charge in [0.2, 0.25) is 5.95 Å². The molecule has 0 saturated carbocycles. The normalized spacial score (nSPS) is 15.0. The van der Waals surface area contributed by atoms with Gasteiger partial charge in [-0.25, -0.2) is 9.97 Å². The molecule has 1 aliphatic heterocycles. The molecule has 2 heterocycles. The van der Waals surface area contributed by atoms with Crippen LogP contribution in [0.4, 0.5) is 5.95 Å². The number of aromatic nitrogens is 2. The molecule has 0 amide bonds. The number of nitrogens with one attached hydrogen (secondary N) is 1. The predicted molar refractivity (Wildman–Crippen MR) is 104 cm³/mol. The van der Waals surface area contributed by atoms with Crippen LogP contribution in [0.2, 0.25) is 0 Å². The zero-order valence-electron chi connectivity index (χ0n) is 15.2. The minimum Gasteiger partial charge on any atom is -0.494 e. The van der Waals surface area contributed by atoms with Crippen LogP contribution >= 0.6 is 0 Å². The molecule has 26 heavy (non-hydrogen) atoms. The number of benzene rings is 1. The highest BCUT2D eigenvalue weighted by Gasteiger charge is 2.20. The first-order valence-electron chi connectivity index (χ1n) is 9.02. The summed E-state index contributed by atoms with van der Waals surface area (Å²) < 4.78 is 5.72. The summed E-state index contributed by atoms with van der Waals surface area (Å²) in [6.45, 7) is 5.11. The van der Waals surface area contributed by atoms with Crippen LogP contribution in [-0.2, 0) is 0 Å². The van der Waals surface area contributed by atoms with E-state index >= 15 is 0 Å². The zero-order chi connectivity index (χ0) is 18.0. The van der Waals surface area contributed by atoms with E-state index in [4.69, 9.17) is 4.74 Å². The van der Waals surface area contributed by atoms with Crippen molar-refractivity contribution >= 4 is 11.9 Å². The number of hydrogen-bond donors (Lipinski definition) is 1. The highest BCUT2D eigenvalue weighted by Crippen LogP contribution is 2.10. The molecule has 1 N–H and O–H groups in total. The Balaban J connectivity index is 1.37. The number of rotatable bonds is 6. The van der Waals surface area contributed by atoms with Gasteiger partial charge in [0.1, 0.15) is 5.75 Å². The van der Waals surface area contributed by atoms with Crippen molar-refractivity contribution in [1.29, 1.82) is 0 Å². The van der Waals surface area contributed by atoms with Gasteiger partial charge in [-0.15, -0.1) is 0 Å². The van der Waals surface area contributed by atoms with Crippen molar-refractivity contribution in [2.75, 3.05) is 51.3 Å². The molecular weight excluding hydrogens is 328 g/mol. The van der Waals surface area contributed by atoms with E-state index in [2.05, 4.69) is 30.1 Å². The van der Waals surface area contributed by atoms with Gasteiger partial charge in [0.15, 0.2) is 5.96 Å². The molecule has 0 spiro atoms. The second-order valence-corrected chi connectivity index (χ2v) is 6.01. The van der Waals surface area contributed by atoms with Crippen LogP contribution < -0.4 is 15.0 Å². The molecule has 0 atom stereocenters. The molecule has 1 aromatic carbocycles. The number of guanidine groups is 1. The Morgan fingerprint density at radius 2 is 1.81 bits per heavy atom. The molecule has 1 saturated heterocycles. The van der Waals surface area contributed by atoms with Crippen molar-refractivity contribution in [3.05, 3.63) is 48.8 Å². The molecule has 7 nitrogen and oxygen atoms in total. The van der Waals surface area contributed by atoms with E-state index in [0.29, 0.717) is 6.61 Å². The minimum atomic E-state index is 0.688. The number of aliphatic imine (C=N–C) groups is 1. The van der Waals surface area contributed by atoms with Gasteiger partial charge in [0, 0.05) is 52.2 Å². The van der Waals surface area contributed by atoms with Gasteiger partial charge in [-0.05, 0) is 24.6 Å². The number of para-hydroxylation sites is 1. The van der Waals surface area contributed by atoms with Crippen molar-refractivity contribution in [2.45, 2.75) is 6.42 Å². The van der Waals surface area contributed by atoms with Crippen LogP contribution in [0.3, 0.4) is 0 Å². The van der Waals surface area contributed by atoms with E-state index in [9.17, 15) is 0 Å². The van der Waals surface area contributed by atoms with E-state index in [1.165, 1.54) is 0 Å². The van der Waals surface area contributed by atoms with Crippen molar-refractivity contribution in [3.63, 3.8) is 0 Å². The van der Waals surface area contributed by atoms with Crippen LogP contribution in [0.15, 0.2) is 53.8 Å². The first kappa shape index (κ1) is 18.0. The average Bonchev–Trinajstić information content (AvgIpc) is 2.72. The number of anilines is 1. The third-order valence-corrected chi connectivity index (χ3v) is 4.24. The van der Waals surface area contributed by atoms with Crippen LogP contribution in [0, 0.1) is 0 Å². The largest absolute Gasteiger partial charge is 0.494 e. The maximum atomic E-state index is 5.72. The smallest absolute Gasteiger partial charge is 0.225 e. The second kappa shape index (κ2) is 9.60. The lowest BCUT2D eigenvalue weighted by Crippen LogP contribution is -2.53. The second-order valence-electron chi connectivity index (χ2n) is 6.01. The molecule has 0 aliphatic carbocycles. The Kier molecular flexibility index (Phi) is 6.64. The predicted octanol–water partition coefficient (Wildman–Crippen LogP) is 1.64. The SMILES string of the molecule is CN=C(NCCCOc1ccccc1)N1CCN(c2ncccn2)CC1. The van der Waals surface area contributed by atoms with Crippen molar-refractivity contribution in [2.24, 2.45) is 4.99 Å². The Hall–Kier alpha value is -2.83. The van der Waals surface area contributed by atoms with E-state index in [1.54, 1.807) is 12.4 Å². The van der Waals surface area contributed by atoms with Gasteiger partial charge in [-0.3, -0.25) is 4.99 Å². The maximum absolute atomic E-state index is 5.72. The lowest BCUT2D eigenvalue weighted by Gasteiger charge is -2.36. The molecule has 2 aromatic rings. The molecule has 1 aromatic heterocycles. The molecule has 0 radical (unpaired) electrons. The lowest BCUT2D eigenvalue weighted by molar-refractivity contribution is 0.309. The maximum Gasteiger partial charge on any atom is 0.225 e. The molecule has 0 unspecified atom stereocenters.